The van der Waals surface area contributed by atoms with Crippen molar-refractivity contribution in [1.82, 2.24) is 14.8 Å². The molecule has 0 saturated carbocycles. The summed E-state index contributed by atoms with van der Waals surface area (Å²) in [6.45, 7) is 2.71. The zero-order valence-electron chi connectivity index (χ0n) is 11.5. The van der Waals surface area contributed by atoms with Crippen molar-refractivity contribution in [3.05, 3.63) is 30.1 Å². The summed E-state index contributed by atoms with van der Waals surface area (Å²) >= 11 is 0. The van der Waals surface area contributed by atoms with Gasteiger partial charge in [-0.2, -0.15) is 0 Å². The van der Waals surface area contributed by atoms with Crippen molar-refractivity contribution in [3.8, 4) is 5.69 Å². The summed E-state index contributed by atoms with van der Waals surface area (Å²) in [6.07, 6.45) is 4.17. The van der Waals surface area contributed by atoms with Crippen LogP contribution in [-0.2, 0) is 4.74 Å². The molecule has 0 aliphatic heterocycles. The summed E-state index contributed by atoms with van der Waals surface area (Å²) in [6, 6.07) is 3.52. The number of esters is 1. The van der Waals surface area contributed by atoms with E-state index in [4.69, 9.17) is 10.5 Å². The van der Waals surface area contributed by atoms with Gasteiger partial charge in [-0.3, -0.25) is 4.98 Å². The van der Waals surface area contributed by atoms with Crippen molar-refractivity contribution in [2.24, 2.45) is 0 Å². The Kier molecular flexibility index (Phi) is 4.19. The highest BCUT2D eigenvalue weighted by molar-refractivity contribution is 5.99. The average Bonchev–Trinajstić information content (AvgIpc) is 2.82. The molecular formula is C13H17N5O2. The molecular weight excluding hydrogens is 258 g/mol. The number of carbonyl (C=O) groups is 1. The predicted octanol–water partition coefficient (Wildman–Crippen LogP) is 1.46. The molecule has 3 N–H and O–H groups in total. The van der Waals surface area contributed by atoms with Crippen LogP contribution in [0.4, 0.5) is 11.6 Å². The first-order valence-corrected chi connectivity index (χ1v) is 6.30. The van der Waals surface area contributed by atoms with E-state index in [1.807, 2.05) is 6.92 Å². The number of hydrogen-bond acceptors (Lipinski definition) is 6. The number of carbonyl (C=O) groups excluding carboxylic acids is 1. The maximum Gasteiger partial charge on any atom is 0.345 e. The minimum atomic E-state index is -0.513. The maximum absolute atomic E-state index is 11.9. The van der Waals surface area contributed by atoms with Crippen molar-refractivity contribution in [1.29, 1.82) is 0 Å². The van der Waals surface area contributed by atoms with E-state index in [1.54, 1.807) is 24.5 Å². The zero-order valence-corrected chi connectivity index (χ0v) is 11.5. The Morgan fingerprint density at radius 3 is 2.75 bits per heavy atom. The summed E-state index contributed by atoms with van der Waals surface area (Å²) < 4.78 is 6.25. The average molecular weight is 275 g/mol. The Bertz CT molecular complexity index is 594. The number of rotatable bonds is 5. The lowest BCUT2D eigenvalue weighted by Crippen LogP contribution is -2.09. The van der Waals surface area contributed by atoms with Crippen molar-refractivity contribution >= 4 is 17.6 Å². The van der Waals surface area contributed by atoms with Gasteiger partial charge >= 0.3 is 5.97 Å². The molecule has 0 atom stereocenters. The summed E-state index contributed by atoms with van der Waals surface area (Å²) in [4.78, 5) is 15.8. The molecule has 0 aliphatic carbocycles. The van der Waals surface area contributed by atoms with E-state index < -0.39 is 5.97 Å². The van der Waals surface area contributed by atoms with Crippen LogP contribution in [-0.4, -0.2) is 34.4 Å². The van der Waals surface area contributed by atoms with Crippen molar-refractivity contribution < 1.29 is 9.53 Å². The number of pyridine rings is 1. The molecule has 0 radical (unpaired) electrons. The first kappa shape index (κ1) is 13.9. The van der Waals surface area contributed by atoms with Gasteiger partial charge in [-0.05, 0) is 18.6 Å². The highest BCUT2D eigenvalue weighted by Crippen LogP contribution is 2.25. The molecule has 0 spiro atoms. The second kappa shape index (κ2) is 6.05. The molecule has 2 aromatic heterocycles. The Hall–Kier alpha value is -2.57. The lowest BCUT2D eigenvalue weighted by molar-refractivity contribution is 0.0603. The summed E-state index contributed by atoms with van der Waals surface area (Å²) in [5, 5.41) is 7.42. The van der Waals surface area contributed by atoms with Crippen LogP contribution in [0, 0.1) is 0 Å². The second-order valence-corrected chi connectivity index (χ2v) is 4.14. The van der Waals surface area contributed by atoms with Gasteiger partial charge in [-0.25, -0.2) is 9.48 Å². The van der Waals surface area contributed by atoms with Gasteiger partial charge in [-0.1, -0.05) is 6.92 Å². The van der Waals surface area contributed by atoms with Crippen LogP contribution in [0.1, 0.15) is 23.7 Å². The molecule has 2 rings (SSSR count). The lowest BCUT2D eigenvalue weighted by Gasteiger charge is -2.03. The van der Waals surface area contributed by atoms with E-state index in [1.165, 1.54) is 11.8 Å². The molecule has 0 saturated heterocycles. The highest BCUT2D eigenvalue weighted by Gasteiger charge is 2.23. The Labute approximate surface area is 116 Å². The van der Waals surface area contributed by atoms with Gasteiger partial charge in [0.2, 0.25) is 0 Å². The molecule has 20 heavy (non-hydrogen) atoms. The number of nitrogens with one attached hydrogen (secondary N) is 1. The number of nitrogens with zero attached hydrogens (tertiary/aromatic N) is 3. The largest absolute Gasteiger partial charge is 0.465 e. The van der Waals surface area contributed by atoms with Gasteiger partial charge in [0.25, 0.3) is 0 Å². The van der Waals surface area contributed by atoms with Crippen LogP contribution in [0.25, 0.3) is 5.69 Å². The van der Waals surface area contributed by atoms with E-state index in [0.29, 0.717) is 12.4 Å². The molecule has 0 aromatic carbocycles. The fourth-order valence-corrected chi connectivity index (χ4v) is 1.78. The van der Waals surface area contributed by atoms with Gasteiger partial charge in [0, 0.05) is 18.9 Å². The van der Waals surface area contributed by atoms with Gasteiger partial charge in [0.15, 0.2) is 5.82 Å². The highest BCUT2D eigenvalue weighted by atomic mass is 16.5. The molecule has 0 amide bonds. The van der Waals surface area contributed by atoms with Crippen LogP contribution in [0.5, 0.6) is 0 Å². The fraction of sp³-hybridized carbons (Fsp3) is 0.308. The van der Waals surface area contributed by atoms with Crippen LogP contribution in [0.15, 0.2) is 24.5 Å². The predicted molar refractivity (Wildman–Crippen MR) is 75.9 cm³/mol. The van der Waals surface area contributed by atoms with Gasteiger partial charge in [-0.15, -0.1) is 5.10 Å². The van der Waals surface area contributed by atoms with E-state index in [-0.39, 0.29) is 11.4 Å². The first-order valence-electron chi connectivity index (χ1n) is 6.30. The molecule has 0 fully saturated rings. The molecule has 106 valence electrons. The minimum absolute atomic E-state index is 0.238. The van der Waals surface area contributed by atoms with Crippen LogP contribution in [0.2, 0.25) is 0 Å². The first-order chi connectivity index (χ1) is 9.69. The van der Waals surface area contributed by atoms with Crippen molar-refractivity contribution in [2.45, 2.75) is 13.3 Å². The minimum Gasteiger partial charge on any atom is -0.465 e. The molecule has 7 heteroatoms. The van der Waals surface area contributed by atoms with E-state index in [2.05, 4.69) is 15.4 Å². The van der Waals surface area contributed by atoms with Crippen molar-refractivity contribution in [3.63, 3.8) is 0 Å². The quantitative estimate of drug-likeness (QED) is 0.802. The lowest BCUT2D eigenvalue weighted by atomic mass is 10.3. The molecule has 2 aromatic rings. The second-order valence-electron chi connectivity index (χ2n) is 4.14. The maximum atomic E-state index is 11.9. The number of anilines is 2. The third-order valence-electron chi connectivity index (χ3n) is 2.76. The summed E-state index contributed by atoms with van der Waals surface area (Å²) in [5.41, 5.74) is 7.00. The normalized spacial score (nSPS) is 10.3. The Morgan fingerprint density at radius 1 is 1.45 bits per heavy atom. The number of hydrogen-bond donors (Lipinski definition) is 2. The monoisotopic (exact) mass is 275 g/mol. The van der Waals surface area contributed by atoms with Gasteiger partial charge in [0.05, 0.1) is 12.8 Å². The zero-order chi connectivity index (χ0) is 14.5. The molecule has 0 unspecified atom stereocenters. The van der Waals surface area contributed by atoms with Crippen LogP contribution in [0.3, 0.4) is 0 Å². The Balaban J connectivity index is 2.49. The summed E-state index contributed by atoms with van der Waals surface area (Å²) in [7, 11) is 1.31. The Morgan fingerprint density at radius 2 is 2.15 bits per heavy atom. The van der Waals surface area contributed by atoms with Crippen LogP contribution >= 0.6 is 0 Å². The third kappa shape index (κ3) is 2.56. The topological polar surface area (TPSA) is 95.1 Å². The molecule has 0 bridgehead atoms. The smallest absolute Gasteiger partial charge is 0.345 e. The SMILES string of the molecule is CCCNc1nn(-c2ccncc2)c(N)c1C(=O)OC. The van der Waals surface area contributed by atoms with Gasteiger partial charge < -0.3 is 15.8 Å². The van der Waals surface area contributed by atoms with Crippen molar-refractivity contribution in [2.75, 3.05) is 24.7 Å². The molecule has 0 aliphatic rings. The number of methoxy groups -OCH3 is 1. The summed E-state index contributed by atoms with van der Waals surface area (Å²) in [5.74, 6) is 0.149. The van der Waals surface area contributed by atoms with E-state index >= 15 is 0 Å². The van der Waals surface area contributed by atoms with Gasteiger partial charge in [0.1, 0.15) is 11.4 Å². The number of nitrogens with two attached hydrogens (primary N) is 1. The van der Waals surface area contributed by atoms with E-state index in [9.17, 15) is 4.79 Å². The fourth-order valence-electron chi connectivity index (χ4n) is 1.78. The number of ether oxygens (including phenoxy) is 1. The number of aromatic nitrogens is 3. The third-order valence-corrected chi connectivity index (χ3v) is 2.76. The van der Waals surface area contributed by atoms with Crippen LogP contribution < -0.4 is 11.1 Å². The molecule has 7 nitrogen and oxygen atoms in total. The molecule has 2 heterocycles. The van der Waals surface area contributed by atoms with E-state index in [0.717, 1.165) is 12.1 Å². The number of nitrogen functional groups attached to an aromatic ring is 1. The standard InChI is InChI=1S/C13H17N5O2/c1-3-6-16-12-10(13(19)20-2)11(14)18(17-12)9-4-7-15-8-5-9/h4-5,7-8H,3,6,14H2,1-2H3,(H,16,17).